The number of carbonyl (C=O) groups is 1. The minimum atomic E-state index is -0.446. The molecule has 4 rings (SSSR count). The third-order valence-electron chi connectivity index (χ3n) is 4.67. The normalized spacial score (nSPS) is 23.9. The van der Waals surface area contributed by atoms with E-state index in [-0.39, 0.29) is 12.1 Å². The van der Waals surface area contributed by atoms with Gasteiger partial charge in [-0.3, -0.25) is 4.90 Å². The van der Waals surface area contributed by atoms with Crippen LogP contribution >= 0.6 is 0 Å². The van der Waals surface area contributed by atoms with Crippen LogP contribution in [0, 0.1) is 11.3 Å². The highest BCUT2D eigenvalue weighted by Crippen LogP contribution is 2.35. The molecule has 2 amide bonds. The molecule has 0 spiro atoms. The van der Waals surface area contributed by atoms with E-state index in [1.54, 1.807) is 15.9 Å². The number of anilines is 1. The molecule has 0 saturated carbocycles. The predicted octanol–water partition coefficient (Wildman–Crippen LogP) is 2.09. The molecule has 5 nitrogen and oxygen atoms in total. The molecule has 2 aliphatic rings. The topological polar surface area (TPSA) is 67.6 Å². The van der Waals surface area contributed by atoms with Gasteiger partial charge in [-0.15, -0.1) is 0 Å². The van der Waals surface area contributed by atoms with Gasteiger partial charge in [0.2, 0.25) is 0 Å². The minimum absolute atomic E-state index is 0.0589. The highest BCUT2D eigenvalue weighted by atomic mass is 16.3. The van der Waals surface area contributed by atoms with Gasteiger partial charge in [-0.1, -0.05) is 24.3 Å². The van der Waals surface area contributed by atoms with Gasteiger partial charge >= 0.3 is 6.03 Å². The highest BCUT2D eigenvalue weighted by molar-refractivity contribution is 6.06. The van der Waals surface area contributed by atoms with E-state index in [2.05, 4.69) is 6.07 Å². The molecule has 2 aliphatic heterocycles. The Hall–Kier alpha value is -2.58. The minimum Gasteiger partial charge on any atom is -0.391 e. The summed E-state index contributed by atoms with van der Waals surface area (Å²) in [5, 5.41) is 21.0. The molecule has 1 N–H and O–H groups in total. The van der Waals surface area contributed by atoms with Gasteiger partial charge in [0, 0.05) is 17.3 Å². The van der Waals surface area contributed by atoms with Crippen molar-refractivity contribution in [3.05, 3.63) is 42.0 Å². The Morgan fingerprint density at radius 2 is 1.95 bits per heavy atom. The number of carbonyl (C=O) groups excluding carboxylic acids is 1. The number of rotatable bonds is 1. The molecule has 110 valence electrons. The summed E-state index contributed by atoms with van der Waals surface area (Å²) < 4.78 is 0. The Kier molecular flexibility index (Phi) is 2.81. The van der Waals surface area contributed by atoms with Crippen molar-refractivity contribution in [2.45, 2.75) is 18.6 Å². The Morgan fingerprint density at radius 3 is 2.68 bits per heavy atom. The third kappa shape index (κ3) is 1.71. The molecule has 2 aromatic rings. The SMILES string of the molecule is N#Cc1ccc(N2C[C@@H]3[C@H](O)CCN3C2=O)c2ccccc12. The number of aliphatic hydroxyl groups is 1. The van der Waals surface area contributed by atoms with Crippen molar-refractivity contribution in [2.75, 3.05) is 18.0 Å². The van der Waals surface area contributed by atoms with E-state index in [0.29, 0.717) is 25.1 Å². The fourth-order valence-corrected chi connectivity index (χ4v) is 3.53. The van der Waals surface area contributed by atoms with Crippen molar-refractivity contribution >= 4 is 22.5 Å². The number of nitrogens with zero attached hydrogens (tertiary/aromatic N) is 3. The van der Waals surface area contributed by atoms with Crippen LogP contribution in [0.5, 0.6) is 0 Å². The smallest absolute Gasteiger partial charge is 0.324 e. The van der Waals surface area contributed by atoms with Crippen molar-refractivity contribution in [2.24, 2.45) is 0 Å². The van der Waals surface area contributed by atoms with E-state index < -0.39 is 6.10 Å². The average molecular weight is 293 g/mol. The fourth-order valence-electron chi connectivity index (χ4n) is 3.53. The second-order valence-electron chi connectivity index (χ2n) is 5.80. The van der Waals surface area contributed by atoms with Crippen LogP contribution in [0.4, 0.5) is 10.5 Å². The summed E-state index contributed by atoms with van der Waals surface area (Å²) in [6.07, 6.45) is 0.205. The number of urea groups is 1. The first kappa shape index (κ1) is 13.1. The van der Waals surface area contributed by atoms with E-state index in [1.807, 2.05) is 30.3 Å². The summed E-state index contributed by atoms with van der Waals surface area (Å²) in [5.74, 6) is 0. The molecule has 2 aromatic carbocycles. The summed E-state index contributed by atoms with van der Waals surface area (Å²) >= 11 is 0. The van der Waals surface area contributed by atoms with Crippen LogP contribution in [0.1, 0.15) is 12.0 Å². The van der Waals surface area contributed by atoms with Crippen LogP contribution in [0.15, 0.2) is 36.4 Å². The lowest BCUT2D eigenvalue weighted by molar-refractivity contribution is 0.144. The molecular weight excluding hydrogens is 278 g/mol. The van der Waals surface area contributed by atoms with E-state index in [4.69, 9.17) is 0 Å². The Bertz CT molecular complexity index is 811. The summed E-state index contributed by atoms with van der Waals surface area (Å²) in [7, 11) is 0. The molecule has 2 atom stereocenters. The lowest BCUT2D eigenvalue weighted by Gasteiger charge is -2.19. The first-order chi connectivity index (χ1) is 10.7. The van der Waals surface area contributed by atoms with Crippen LogP contribution < -0.4 is 4.90 Å². The maximum atomic E-state index is 12.6. The Morgan fingerprint density at radius 1 is 1.18 bits per heavy atom. The lowest BCUT2D eigenvalue weighted by Crippen LogP contribution is -2.32. The first-order valence-corrected chi connectivity index (χ1v) is 7.39. The summed E-state index contributed by atoms with van der Waals surface area (Å²) in [6, 6.07) is 13.2. The van der Waals surface area contributed by atoms with Crippen LogP contribution in [-0.2, 0) is 0 Å². The number of hydrogen-bond donors (Lipinski definition) is 1. The second-order valence-corrected chi connectivity index (χ2v) is 5.80. The number of hydrogen-bond acceptors (Lipinski definition) is 3. The maximum Gasteiger partial charge on any atom is 0.324 e. The van der Waals surface area contributed by atoms with Gasteiger partial charge < -0.3 is 10.0 Å². The molecule has 5 heteroatoms. The molecule has 2 fully saturated rings. The zero-order chi connectivity index (χ0) is 15.3. The molecule has 2 saturated heterocycles. The molecule has 0 aliphatic carbocycles. The number of aliphatic hydroxyl groups excluding tert-OH is 1. The third-order valence-corrected chi connectivity index (χ3v) is 4.67. The van der Waals surface area contributed by atoms with Crippen molar-refractivity contribution in [3.8, 4) is 6.07 Å². The standard InChI is InChI=1S/C17H15N3O2/c18-9-11-5-6-14(13-4-2-1-3-12(11)13)20-10-15-16(21)7-8-19(15)17(20)22/h1-6,15-16,21H,7-8,10H2/t15-,16-/m1/s1. The van der Waals surface area contributed by atoms with E-state index >= 15 is 0 Å². The second kappa shape index (κ2) is 4.72. The largest absolute Gasteiger partial charge is 0.391 e. The summed E-state index contributed by atoms with van der Waals surface area (Å²) in [5.41, 5.74) is 1.41. The van der Waals surface area contributed by atoms with Crippen molar-refractivity contribution < 1.29 is 9.90 Å². The Balaban J connectivity index is 1.83. The van der Waals surface area contributed by atoms with Gasteiger partial charge in [0.25, 0.3) is 0 Å². The maximum absolute atomic E-state index is 12.6. The number of fused-ring (bicyclic) bond motifs is 2. The van der Waals surface area contributed by atoms with Gasteiger partial charge in [-0.05, 0) is 18.6 Å². The predicted molar refractivity (Wildman–Crippen MR) is 82.5 cm³/mol. The first-order valence-electron chi connectivity index (χ1n) is 7.39. The highest BCUT2D eigenvalue weighted by Gasteiger charge is 2.45. The van der Waals surface area contributed by atoms with Crippen LogP contribution in [0.3, 0.4) is 0 Å². The van der Waals surface area contributed by atoms with Gasteiger partial charge in [-0.25, -0.2) is 4.79 Å². The molecule has 0 aromatic heterocycles. The van der Waals surface area contributed by atoms with Crippen molar-refractivity contribution in [1.29, 1.82) is 5.26 Å². The van der Waals surface area contributed by atoms with Crippen LogP contribution in [0.2, 0.25) is 0 Å². The number of benzene rings is 2. The zero-order valence-electron chi connectivity index (χ0n) is 11.9. The molecule has 0 unspecified atom stereocenters. The van der Waals surface area contributed by atoms with Gasteiger partial charge in [-0.2, -0.15) is 5.26 Å². The molecular formula is C17H15N3O2. The lowest BCUT2D eigenvalue weighted by atomic mass is 10.0. The average Bonchev–Trinajstić information content (AvgIpc) is 3.07. The van der Waals surface area contributed by atoms with E-state index in [9.17, 15) is 15.2 Å². The van der Waals surface area contributed by atoms with Gasteiger partial charge in [0.1, 0.15) is 0 Å². The monoisotopic (exact) mass is 293 g/mol. The molecule has 2 heterocycles. The van der Waals surface area contributed by atoms with Gasteiger partial charge in [0.05, 0.1) is 36.0 Å². The van der Waals surface area contributed by atoms with Gasteiger partial charge in [0.15, 0.2) is 0 Å². The number of nitriles is 1. The van der Waals surface area contributed by atoms with Crippen molar-refractivity contribution in [3.63, 3.8) is 0 Å². The molecule has 0 bridgehead atoms. The fraction of sp³-hybridized carbons (Fsp3) is 0.294. The molecule has 22 heavy (non-hydrogen) atoms. The van der Waals surface area contributed by atoms with Crippen LogP contribution in [-0.4, -0.2) is 41.3 Å². The zero-order valence-corrected chi connectivity index (χ0v) is 11.9. The Labute approximate surface area is 128 Å². The van der Waals surface area contributed by atoms with E-state index in [1.165, 1.54) is 0 Å². The summed E-state index contributed by atoms with van der Waals surface area (Å²) in [6.45, 7) is 1.10. The summed E-state index contributed by atoms with van der Waals surface area (Å²) in [4.78, 5) is 16.1. The van der Waals surface area contributed by atoms with Crippen LogP contribution in [0.25, 0.3) is 10.8 Å². The number of amides is 2. The quantitative estimate of drug-likeness (QED) is 0.875. The van der Waals surface area contributed by atoms with E-state index in [0.717, 1.165) is 16.5 Å². The van der Waals surface area contributed by atoms with Crippen molar-refractivity contribution in [1.82, 2.24) is 4.90 Å². The molecule has 0 radical (unpaired) electrons.